The van der Waals surface area contributed by atoms with Crippen LogP contribution in [-0.2, 0) is 4.74 Å². The second-order valence-electron chi connectivity index (χ2n) is 6.71. The summed E-state index contributed by atoms with van der Waals surface area (Å²) < 4.78 is 11.8. The number of nitrogens with zero attached hydrogens (tertiary/aromatic N) is 2. The fraction of sp³-hybridized carbons (Fsp3) is 0.190. The highest BCUT2D eigenvalue weighted by Crippen LogP contribution is 2.31. The zero-order valence-electron chi connectivity index (χ0n) is 15.4. The van der Waals surface area contributed by atoms with Crippen LogP contribution < -0.4 is 15.6 Å². The number of nitrogens with one attached hydrogen (secondary N) is 1. The van der Waals surface area contributed by atoms with Crippen LogP contribution in [0.2, 0.25) is 0 Å². The van der Waals surface area contributed by atoms with Crippen molar-refractivity contribution in [2.45, 2.75) is 0 Å². The lowest BCUT2D eigenvalue weighted by molar-refractivity contribution is 0.102. The highest BCUT2D eigenvalue weighted by Gasteiger charge is 2.17. The first-order valence-electron chi connectivity index (χ1n) is 9.24. The van der Waals surface area contributed by atoms with E-state index in [0.29, 0.717) is 29.9 Å². The molecule has 8 heteroatoms. The van der Waals surface area contributed by atoms with Crippen LogP contribution in [0.3, 0.4) is 0 Å². The molecule has 0 radical (unpaired) electrons. The molecule has 4 aromatic rings. The molecule has 146 valence electrons. The molecule has 29 heavy (non-hydrogen) atoms. The molecule has 5 rings (SSSR count). The molecule has 0 saturated carbocycles. The average Bonchev–Trinajstić information content (AvgIpc) is 3.18. The van der Waals surface area contributed by atoms with Crippen molar-refractivity contribution in [2.75, 3.05) is 36.5 Å². The summed E-state index contributed by atoms with van der Waals surface area (Å²) in [6.45, 7) is 3.04. The van der Waals surface area contributed by atoms with Gasteiger partial charge in [-0.1, -0.05) is 23.5 Å². The monoisotopic (exact) mass is 407 g/mol. The largest absolute Gasteiger partial charge is 0.463 e. The molecule has 7 nitrogen and oxygen atoms in total. The number of benzene rings is 2. The maximum atomic E-state index is 12.7. The van der Waals surface area contributed by atoms with Crippen LogP contribution in [0, 0.1) is 0 Å². The predicted molar refractivity (Wildman–Crippen MR) is 113 cm³/mol. The summed E-state index contributed by atoms with van der Waals surface area (Å²) in [6.07, 6.45) is 1.21. The Balaban J connectivity index is 1.42. The normalized spacial score (nSPS) is 14.4. The Hall–Kier alpha value is -3.23. The highest BCUT2D eigenvalue weighted by molar-refractivity contribution is 7.22. The van der Waals surface area contributed by atoms with E-state index in [0.717, 1.165) is 28.4 Å². The summed E-state index contributed by atoms with van der Waals surface area (Å²) in [7, 11) is 0. The maximum absolute atomic E-state index is 12.7. The van der Waals surface area contributed by atoms with E-state index in [-0.39, 0.29) is 11.0 Å². The average molecular weight is 407 g/mol. The van der Waals surface area contributed by atoms with E-state index >= 15 is 0 Å². The quantitative estimate of drug-likeness (QED) is 0.560. The smallest absolute Gasteiger partial charge is 0.262 e. The van der Waals surface area contributed by atoms with E-state index in [1.54, 1.807) is 41.7 Å². The van der Waals surface area contributed by atoms with Gasteiger partial charge in [-0.2, -0.15) is 0 Å². The number of ether oxygens (including phenoxy) is 1. The number of fused-ring (bicyclic) bond motifs is 2. The molecule has 0 aliphatic carbocycles. The third-order valence-corrected chi connectivity index (χ3v) is 5.92. The van der Waals surface area contributed by atoms with Crippen molar-refractivity contribution in [3.05, 3.63) is 64.5 Å². The van der Waals surface area contributed by atoms with Crippen LogP contribution in [0.5, 0.6) is 0 Å². The first kappa shape index (κ1) is 17.8. The predicted octanol–water partition coefficient (Wildman–Crippen LogP) is 3.49. The van der Waals surface area contributed by atoms with Crippen LogP contribution in [0.4, 0.5) is 10.8 Å². The number of thiazole rings is 1. The fourth-order valence-electron chi connectivity index (χ4n) is 3.31. The lowest BCUT2D eigenvalue weighted by Crippen LogP contribution is -2.36. The number of carbonyl (C=O) groups excluding carboxylic acids is 1. The van der Waals surface area contributed by atoms with Gasteiger partial charge in [0.2, 0.25) is 5.43 Å². The van der Waals surface area contributed by atoms with Gasteiger partial charge in [0.05, 0.1) is 28.8 Å². The zero-order valence-corrected chi connectivity index (χ0v) is 16.2. The van der Waals surface area contributed by atoms with Gasteiger partial charge in [-0.25, -0.2) is 4.98 Å². The van der Waals surface area contributed by atoms with E-state index in [1.165, 1.54) is 6.26 Å². The molecule has 3 heterocycles. The lowest BCUT2D eigenvalue weighted by atomic mass is 10.1. The lowest BCUT2D eigenvalue weighted by Gasteiger charge is -2.25. The van der Waals surface area contributed by atoms with Crippen LogP contribution >= 0.6 is 11.3 Å². The van der Waals surface area contributed by atoms with Crippen molar-refractivity contribution in [3.8, 4) is 0 Å². The van der Waals surface area contributed by atoms with E-state index < -0.39 is 5.91 Å². The Bertz CT molecular complexity index is 1270. The van der Waals surface area contributed by atoms with E-state index in [2.05, 4.69) is 15.2 Å². The molecule has 2 aromatic heterocycles. The van der Waals surface area contributed by atoms with Crippen molar-refractivity contribution in [3.63, 3.8) is 0 Å². The van der Waals surface area contributed by atoms with Gasteiger partial charge < -0.3 is 19.4 Å². The second-order valence-corrected chi connectivity index (χ2v) is 7.72. The molecule has 1 amide bonds. The molecule has 1 aliphatic rings. The van der Waals surface area contributed by atoms with E-state index in [1.807, 2.05) is 12.1 Å². The highest BCUT2D eigenvalue weighted by atomic mass is 32.1. The first-order chi connectivity index (χ1) is 14.2. The fourth-order valence-corrected chi connectivity index (χ4v) is 4.37. The van der Waals surface area contributed by atoms with E-state index in [4.69, 9.17) is 9.15 Å². The maximum Gasteiger partial charge on any atom is 0.262 e. The van der Waals surface area contributed by atoms with Crippen LogP contribution in [0.1, 0.15) is 10.4 Å². The number of amides is 1. The minimum atomic E-state index is -0.498. The third-order valence-electron chi connectivity index (χ3n) is 4.84. The summed E-state index contributed by atoms with van der Waals surface area (Å²) in [5.74, 6) is -0.498. The summed E-state index contributed by atoms with van der Waals surface area (Å²) in [5.41, 5.74) is 1.56. The standard InChI is InChI=1S/C21H17N3O4S/c25-19-14-3-1-2-4-17(14)28-12-15(19)20(26)22-13-5-6-16-18(11-13)29-21(23-16)24-7-9-27-10-8-24/h1-6,11-12H,7-10H2,(H,22,26). The molecular weight excluding hydrogens is 390 g/mol. The van der Waals surface area contributed by atoms with Gasteiger partial charge >= 0.3 is 0 Å². The minimum Gasteiger partial charge on any atom is -0.463 e. The number of aromatic nitrogens is 1. The third kappa shape index (κ3) is 3.37. The molecule has 1 saturated heterocycles. The van der Waals surface area contributed by atoms with Gasteiger partial charge in [-0.15, -0.1) is 0 Å². The number of morpholine rings is 1. The van der Waals surface area contributed by atoms with Crippen LogP contribution in [0.15, 0.2) is 57.9 Å². The Morgan fingerprint density at radius 2 is 1.97 bits per heavy atom. The number of hydrogen-bond acceptors (Lipinski definition) is 7. The van der Waals surface area contributed by atoms with Crippen LogP contribution in [0.25, 0.3) is 21.2 Å². The van der Waals surface area contributed by atoms with Gasteiger partial charge in [0.15, 0.2) is 5.13 Å². The van der Waals surface area contributed by atoms with Crippen molar-refractivity contribution in [1.82, 2.24) is 4.98 Å². The summed E-state index contributed by atoms with van der Waals surface area (Å²) in [4.78, 5) is 32.1. The summed E-state index contributed by atoms with van der Waals surface area (Å²) >= 11 is 1.57. The molecule has 0 bridgehead atoms. The number of anilines is 2. The Labute approximate surface area is 169 Å². The summed E-state index contributed by atoms with van der Waals surface area (Å²) in [5, 5.41) is 4.12. The van der Waals surface area contributed by atoms with Crippen molar-refractivity contribution >= 4 is 49.2 Å². The molecular formula is C21H17N3O4S. The van der Waals surface area contributed by atoms with Gasteiger partial charge in [0, 0.05) is 18.8 Å². The second kappa shape index (κ2) is 7.31. The zero-order chi connectivity index (χ0) is 19.8. The van der Waals surface area contributed by atoms with E-state index in [9.17, 15) is 9.59 Å². The Morgan fingerprint density at radius 1 is 1.14 bits per heavy atom. The molecule has 0 atom stereocenters. The molecule has 1 fully saturated rings. The van der Waals surface area contributed by atoms with Crippen molar-refractivity contribution < 1.29 is 13.9 Å². The number of carbonyl (C=O) groups is 1. The molecule has 0 spiro atoms. The van der Waals surface area contributed by atoms with Crippen LogP contribution in [-0.4, -0.2) is 37.2 Å². The SMILES string of the molecule is O=C(Nc1ccc2nc(N3CCOCC3)sc2c1)c1coc2ccccc2c1=O. The van der Waals surface area contributed by atoms with Gasteiger partial charge in [0.1, 0.15) is 17.4 Å². The molecule has 1 N–H and O–H groups in total. The Morgan fingerprint density at radius 3 is 2.83 bits per heavy atom. The number of para-hydroxylation sites is 1. The van der Waals surface area contributed by atoms with Crippen molar-refractivity contribution in [2.24, 2.45) is 0 Å². The van der Waals surface area contributed by atoms with Crippen molar-refractivity contribution in [1.29, 1.82) is 0 Å². The molecule has 1 aliphatic heterocycles. The minimum absolute atomic E-state index is 0.0258. The van der Waals surface area contributed by atoms with Gasteiger partial charge in [0.25, 0.3) is 5.91 Å². The number of rotatable bonds is 3. The Kier molecular flexibility index (Phi) is 4.49. The molecule has 0 unspecified atom stereocenters. The first-order valence-corrected chi connectivity index (χ1v) is 10.1. The van der Waals surface area contributed by atoms with Gasteiger partial charge in [-0.05, 0) is 30.3 Å². The topological polar surface area (TPSA) is 84.7 Å². The van der Waals surface area contributed by atoms with Gasteiger partial charge in [-0.3, -0.25) is 9.59 Å². The molecule has 2 aromatic carbocycles. The number of hydrogen-bond donors (Lipinski definition) is 1. The summed E-state index contributed by atoms with van der Waals surface area (Å²) in [6, 6.07) is 12.4.